The van der Waals surface area contributed by atoms with Crippen LogP contribution in [0.2, 0.25) is 0 Å². The molecule has 39 heavy (non-hydrogen) atoms. The summed E-state index contributed by atoms with van der Waals surface area (Å²) in [5.74, 6) is 1.34. The molecule has 1 unspecified atom stereocenters. The predicted octanol–water partition coefficient (Wildman–Crippen LogP) is 6.45. The third kappa shape index (κ3) is 4.05. The van der Waals surface area contributed by atoms with Crippen LogP contribution in [0.25, 0.3) is 11.2 Å². The Bertz CT molecular complexity index is 1490. The van der Waals surface area contributed by atoms with E-state index in [1.165, 1.54) is 38.5 Å². The fourth-order valence-corrected chi connectivity index (χ4v) is 7.67. The van der Waals surface area contributed by atoms with Crippen LogP contribution in [0.1, 0.15) is 86.0 Å². The van der Waals surface area contributed by atoms with Crippen LogP contribution in [0.5, 0.6) is 0 Å². The normalized spacial score (nSPS) is 22.8. The highest BCUT2D eigenvalue weighted by Gasteiger charge is 2.41. The Kier molecular flexibility index (Phi) is 5.68. The van der Waals surface area contributed by atoms with E-state index in [0.29, 0.717) is 11.3 Å². The number of anilines is 2. The molecule has 1 saturated heterocycles. The zero-order chi connectivity index (χ0) is 25.8. The van der Waals surface area contributed by atoms with Crippen LogP contribution in [0.4, 0.5) is 11.5 Å². The SMILES string of the molecule is c1ccc2c(c1)CC1(CCC(c3cnc4c(N5CCCc6ncccc65)nn(C5CCCCO5)c4n3)CC1)C2. The van der Waals surface area contributed by atoms with E-state index in [1.54, 1.807) is 11.1 Å². The van der Waals surface area contributed by atoms with Crippen molar-refractivity contribution in [1.82, 2.24) is 24.7 Å². The average molecular weight is 521 g/mol. The lowest BCUT2D eigenvalue weighted by Gasteiger charge is -2.37. The maximum absolute atomic E-state index is 6.22. The number of hydrogen-bond acceptors (Lipinski definition) is 6. The number of pyridine rings is 1. The summed E-state index contributed by atoms with van der Waals surface area (Å²) >= 11 is 0. The van der Waals surface area contributed by atoms with E-state index < -0.39 is 0 Å². The van der Waals surface area contributed by atoms with Gasteiger partial charge in [-0.1, -0.05) is 24.3 Å². The van der Waals surface area contributed by atoms with Crippen LogP contribution in [-0.2, 0) is 24.0 Å². The molecule has 1 aromatic carbocycles. The van der Waals surface area contributed by atoms with Gasteiger partial charge < -0.3 is 9.64 Å². The summed E-state index contributed by atoms with van der Waals surface area (Å²) in [5, 5.41) is 5.17. The molecule has 5 heterocycles. The fourth-order valence-electron chi connectivity index (χ4n) is 7.67. The minimum Gasteiger partial charge on any atom is -0.356 e. The molecule has 2 aliphatic carbocycles. The van der Waals surface area contributed by atoms with Crippen molar-refractivity contribution in [1.29, 1.82) is 0 Å². The first-order chi connectivity index (χ1) is 19.3. The summed E-state index contributed by atoms with van der Waals surface area (Å²) in [6, 6.07) is 13.2. The second-order valence-electron chi connectivity index (χ2n) is 12.2. The summed E-state index contributed by atoms with van der Waals surface area (Å²) in [6.07, 6.45) is 16.5. The van der Waals surface area contributed by atoms with Gasteiger partial charge >= 0.3 is 0 Å². The standard InChI is InChI=1S/C32H36N6O/c1-2-8-24-20-32(19-23(24)7-1)14-12-22(13-15-32)26-21-34-29-30(35-26)38(28-11-3-4-18-39-28)36-31(29)37-17-6-9-25-27(37)10-5-16-33-25/h1-2,5,7-8,10,16,21-22,28H,3-4,6,9,11-15,17-20H2. The van der Waals surface area contributed by atoms with E-state index in [1.807, 2.05) is 23.1 Å². The van der Waals surface area contributed by atoms with E-state index in [9.17, 15) is 0 Å². The topological polar surface area (TPSA) is 69.0 Å². The summed E-state index contributed by atoms with van der Waals surface area (Å²) in [5.41, 5.74) is 8.72. The third-order valence-corrected chi connectivity index (χ3v) is 9.75. The lowest BCUT2D eigenvalue weighted by Crippen LogP contribution is -2.28. The van der Waals surface area contributed by atoms with E-state index in [-0.39, 0.29) is 6.23 Å². The van der Waals surface area contributed by atoms with Gasteiger partial charge in [0.25, 0.3) is 0 Å². The molecule has 7 heteroatoms. The molecular formula is C32H36N6O. The lowest BCUT2D eigenvalue weighted by molar-refractivity contribution is -0.0369. The zero-order valence-corrected chi connectivity index (χ0v) is 22.6. The van der Waals surface area contributed by atoms with Gasteiger partial charge in [-0.15, -0.1) is 5.10 Å². The first-order valence-electron chi connectivity index (χ1n) is 14.9. The number of ether oxygens (including phenoxy) is 1. The lowest BCUT2D eigenvalue weighted by atomic mass is 9.68. The zero-order valence-electron chi connectivity index (χ0n) is 22.6. The Morgan fingerprint density at radius 2 is 1.74 bits per heavy atom. The number of fused-ring (bicyclic) bond motifs is 3. The van der Waals surface area contributed by atoms with Crippen molar-refractivity contribution >= 4 is 22.7 Å². The van der Waals surface area contributed by atoms with Crippen LogP contribution in [0, 0.1) is 5.41 Å². The molecule has 2 aliphatic heterocycles. The van der Waals surface area contributed by atoms with Gasteiger partial charge in [0.05, 0.1) is 17.1 Å². The van der Waals surface area contributed by atoms with Crippen molar-refractivity contribution < 1.29 is 4.74 Å². The Balaban J connectivity index is 1.13. The second-order valence-corrected chi connectivity index (χ2v) is 12.2. The largest absolute Gasteiger partial charge is 0.356 e. The van der Waals surface area contributed by atoms with Gasteiger partial charge in [0.1, 0.15) is 0 Å². The fraction of sp³-hybridized carbons (Fsp3) is 0.500. The van der Waals surface area contributed by atoms with Crippen LogP contribution in [0.15, 0.2) is 48.8 Å². The van der Waals surface area contributed by atoms with Crippen LogP contribution in [-0.4, -0.2) is 37.9 Å². The molecule has 4 aromatic rings. The maximum Gasteiger partial charge on any atom is 0.183 e. The molecule has 2 fully saturated rings. The molecule has 0 N–H and O–H groups in total. The summed E-state index contributed by atoms with van der Waals surface area (Å²) in [4.78, 5) is 17.3. The van der Waals surface area contributed by atoms with Gasteiger partial charge in [-0.3, -0.25) is 4.98 Å². The Hall–Kier alpha value is -3.32. The van der Waals surface area contributed by atoms with E-state index in [2.05, 4.69) is 40.2 Å². The van der Waals surface area contributed by atoms with Crippen LogP contribution >= 0.6 is 0 Å². The molecule has 1 atom stereocenters. The monoisotopic (exact) mass is 520 g/mol. The van der Waals surface area contributed by atoms with Gasteiger partial charge in [0.15, 0.2) is 23.2 Å². The summed E-state index contributed by atoms with van der Waals surface area (Å²) in [7, 11) is 0. The molecule has 0 bridgehead atoms. The molecule has 200 valence electrons. The van der Waals surface area contributed by atoms with Crippen molar-refractivity contribution in [2.75, 3.05) is 18.1 Å². The van der Waals surface area contributed by atoms with E-state index in [4.69, 9.17) is 19.8 Å². The third-order valence-electron chi connectivity index (χ3n) is 9.75. The molecule has 8 rings (SSSR count). The molecule has 3 aromatic heterocycles. The molecule has 0 amide bonds. The van der Waals surface area contributed by atoms with Crippen LogP contribution < -0.4 is 4.90 Å². The first kappa shape index (κ1) is 23.6. The number of aryl methyl sites for hydroxylation is 1. The minimum atomic E-state index is -0.0793. The van der Waals surface area contributed by atoms with Gasteiger partial charge in [-0.25, -0.2) is 14.6 Å². The minimum absolute atomic E-state index is 0.0793. The number of rotatable bonds is 3. The highest BCUT2D eigenvalue weighted by atomic mass is 16.5. The molecule has 7 nitrogen and oxygen atoms in total. The molecule has 1 saturated carbocycles. The highest BCUT2D eigenvalue weighted by molar-refractivity contribution is 5.87. The molecule has 0 radical (unpaired) electrons. The van der Waals surface area contributed by atoms with E-state index >= 15 is 0 Å². The van der Waals surface area contributed by atoms with Gasteiger partial charge in [0, 0.05) is 31.5 Å². The number of aromatic nitrogens is 5. The Labute approximate surface area is 229 Å². The highest BCUT2D eigenvalue weighted by Crippen LogP contribution is 2.50. The van der Waals surface area contributed by atoms with Crippen molar-refractivity contribution in [2.24, 2.45) is 5.41 Å². The quantitative estimate of drug-likeness (QED) is 0.309. The van der Waals surface area contributed by atoms with Crippen molar-refractivity contribution in [3.63, 3.8) is 0 Å². The average Bonchev–Trinajstić information content (AvgIpc) is 3.55. The predicted molar refractivity (Wildman–Crippen MR) is 151 cm³/mol. The van der Waals surface area contributed by atoms with E-state index in [0.717, 1.165) is 79.3 Å². The van der Waals surface area contributed by atoms with Crippen molar-refractivity contribution in [3.8, 4) is 0 Å². The Morgan fingerprint density at radius 1 is 0.897 bits per heavy atom. The molecular weight excluding hydrogens is 484 g/mol. The van der Waals surface area contributed by atoms with Crippen molar-refractivity contribution in [2.45, 2.75) is 82.8 Å². The van der Waals surface area contributed by atoms with Gasteiger partial charge in [-0.05, 0) is 99.3 Å². The molecule has 1 spiro atoms. The number of hydrogen-bond donors (Lipinski definition) is 0. The van der Waals surface area contributed by atoms with Gasteiger partial charge in [-0.2, -0.15) is 0 Å². The van der Waals surface area contributed by atoms with Crippen LogP contribution in [0.3, 0.4) is 0 Å². The second kappa shape index (κ2) is 9.40. The Morgan fingerprint density at radius 3 is 2.54 bits per heavy atom. The van der Waals surface area contributed by atoms with Crippen molar-refractivity contribution in [3.05, 3.63) is 71.3 Å². The summed E-state index contributed by atoms with van der Waals surface area (Å²) in [6.45, 7) is 1.69. The first-order valence-corrected chi connectivity index (χ1v) is 14.9. The van der Waals surface area contributed by atoms with Gasteiger partial charge in [0.2, 0.25) is 0 Å². The smallest absolute Gasteiger partial charge is 0.183 e. The number of benzene rings is 1. The molecule has 4 aliphatic rings. The summed E-state index contributed by atoms with van der Waals surface area (Å²) < 4.78 is 8.27. The maximum atomic E-state index is 6.22. The number of nitrogens with zero attached hydrogens (tertiary/aromatic N) is 6.